The van der Waals surface area contributed by atoms with E-state index in [1.54, 1.807) is 6.33 Å². The van der Waals surface area contributed by atoms with Crippen molar-refractivity contribution in [3.8, 4) is 16.8 Å². The SMILES string of the molecule is CCOC(=O)C1CCN(c2ncnc3c2c(-c2ccccc2)cn3-c2ccc(Br)cc2)CC1. The number of nitrogens with zero attached hydrogens (tertiary/aromatic N) is 4. The predicted molar refractivity (Wildman–Crippen MR) is 134 cm³/mol. The molecule has 5 rings (SSSR count). The van der Waals surface area contributed by atoms with Crippen LogP contribution in [0.25, 0.3) is 27.8 Å². The van der Waals surface area contributed by atoms with Crippen molar-refractivity contribution in [2.45, 2.75) is 19.8 Å². The Morgan fingerprint density at radius 1 is 1.06 bits per heavy atom. The van der Waals surface area contributed by atoms with E-state index in [0.29, 0.717) is 6.61 Å². The third kappa shape index (κ3) is 4.25. The van der Waals surface area contributed by atoms with Gasteiger partial charge in [-0.1, -0.05) is 46.3 Å². The van der Waals surface area contributed by atoms with E-state index < -0.39 is 0 Å². The molecule has 2 aromatic carbocycles. The van der Waals surface area contributed by atoms with E-state index in [1.165, 1.54) is 0 Å². The number of halogens is 1. The Bertz CT molecular complexity index is 1260. The van der Waals surface area contributed by atoms with E-state index >= 15 is 0 Å². The molecule has 7 heteroatoms. The molecule has 0 N–H and O–H groups in total. The van der Waals surface area contributed by atoms with Crippen LogP contribution in [0, 0.1) is 5.92 Å². The number of benzene rings is 2. The van der Waals surface area contributed by atoms with Crippen LogP contribution in [0.2, 0.25) is 0 Å². The summed E-state index contributed by atoms with van der Waals surface area (Å²) in [6, 6.07) is 18.6. The summed E-state index contributed by atoms with van der Waals surface area (Å²) >= 11 is 3.52. The van der Waals surface area contributed by atoms with Gasteiger partial charge in [0.05, 0.1) is 17.9 Å². The van der Waals surface area contributed by atoms with Crippen LogP contribution in [-0.4, -0.2) is 40.2 Å². The van der Waals surface area contributed by atoms with Crippen LogP contribution in [0.15, 0.2) is 71.6 Å². The van der Waals surface area contributed by atoms with Gasteiger partial charge in [0.2, 0.25) is 0 Å². The second-order valence-corrected chi connectivity index (χ2v) is 9.08. The van der Waals surface area contributed by atoms with Crippen molar-refractivity contribution < 1.29 is 9.53 Å². The zero-order chi connectivity index (χ0) is 22.8. The minimum Gasteiger partial charge on any atom is -0.466 e. The average molecular weight is 505 g/mol. The van der Waals surface area contributed by atoms with Crippen LogP contribution >= 0.6 is 15.9 Å². The lowest BCUT2D eigenvalue weighted by Gasteiger charge is -2.32. The molecule has 0 saturated carbocycles. The zero-order valence-electron chi connectivity index (χ0n) is 18.4. The number of carbonyl (C=O) groups excluding carboxylic acids is 1. The molecule has 1 fully saturated rings. The Morgan fingerprint density at radius 3 is 2.48 bits per heavy atom. The molecule has 4 aromatic rings. The lowest BCUT2D eigenvalue weighted by atomic mass is 9.96. The summed E-state index contributed by atoms with van der Waals surface area (Å²) in [5.41, 5.74) is 4.12. The molecule has 0 spiro atoms. The summed E-state index contributed by atoms with van der Waals surface area (Å²) in [7, 11) is 0. The number of esters is 1. The Morgan fingerprint density at radius 2 is 1.79 bits per heavy atom. The number of fused-ring (bicyclic) bond motifs is 1. The first-order valence-electron chi connectivity index (χ1n) is 11.2. The molecule has 0 bridgehead atoms. The fourth-order valence-corrected chi connectivity index (χ4v) is 4.77. The average Bonchev–Trinajstić information content (AvgIpc) is 3.25. The van der Waals surface area contributed by atoms with Gasteiger partial charge in [-0.05, 0) is 49.6 Å². The maximum Gasteiger partial charge on any atom is 0.309 e. The quantitative estimate of drug-likeness (QED) is 0.329. The highest BCUT2D eigenvalue weighted by Crippen LogP contribution is 2.38. The largest absolute Gasteiger partial charge is 0.466 e. The van der Waals surface area contributed by atoms with Gasteiger partial charge < -0.3 is 14.2 Å². The molecule has 168 valence electrons. The Balaban J connectivity index is 1.59. The van der Waals surface area contributed by atoms with Gasteiger partial charge in [0.25, 0.3) is 0 Å². The fraction of sp³-hybridized carbons (Fsp3) is 0.269. The van der Waals surface area contributed by atoms with Crippen molar-refractivity contribution in [1.82, 2.24) is 14.5 Å². The van der Waals surface area contributed by atoms with E-state index in [2.05, 4.69) is 60.8 Å². The molecule has 1 aliphatic rings. The number of anilines is 1. The van der Waals surface area contributed by atoms with Crippen LogP contribution in [0.5, 0.6) is 0 Å². The van der Waals surface area contributed by atoms with E-state index in [-0.39, 0.29) is 11.9 Å². The predicted octanol–water partition coefficient (Wildman–Crippen LogP) is 5.63. The highest BCUT2D eigenvalue weighted by Gasteiger charge is 2.28. The molecule has 2 aromatic heterocycles. The van der Waals surface area contributed by atoms with Crippen LogP contribution in [0.4, 0.5) is 5.82 Å². The Hall–Kier alpha value is -3.19. The van der Waals surface area contributed by atoms with Crippen molar-refractivity contribution in [1.29, 1.82) is 0 Å². The molecule has 1 saturated heterocycles. The molecule has 0 atom stereocenters. The third-order valence-electron chi connectivity index (χ3n) is 6.17. The standard InChI is InChI=1S/C26H25BrN4O2/c1-2-33-26(32)19-12-14-30(15-13-19)24-23-22(18-6-4-3-5-7-18)16-31(25(23)29-17-28-24)21-10-8-20(27)9-11-21/h3-11,16-17,19H,2,12-15H2,1H3. The molecule has 0 radical (unpaired) electrons. The van der Waals surface area contributed by atoms with Crippen molar-refractivity contribution in [3.63, 3.8) is 0 Å². The molecular formula is C26H25BrN4O2. The van der Waals surface area contributed by atoms with E-state index in [4.69, 9.17) is 9.72 Å². The van der Waals surface area contributed by atoms with Gasteiger partial charge in [-0.2, -0.15) is 0 Å². The first-order chi connectivity index (χ1) is 16.2. The lowest BCUT2D eigenvalue weighted by molar-refractivity contribution is -0.148. The van der Waals surface area contributed by atoms with Crippen LogP contribution < -0.4 is 4.90 Å². The maximum absolute atomic E-state index is 12.2. The molecular weight excluding hydrogens is 480 g/mol. The van der Waals surface area contributed by atoms with E-state index in [0.717, 1.165) is 64.1 Å². The fourth-order valence-electron chi connectivity index (χ4n) is 4.51. The molecule has 0 amide bonds. The van der Waals surface area contributed by atoms with Gasteiger partial charge in [0.1, 0.15) is 12.1 Å². The highest BCUT2D eigenvalue weighted by molar-refractivity contribution is 9.10. The van der Waals surface area contributed by atoms with Crippen LogP contribution in [0.1, 0.15) is 19.8 Å². The van der Waals surface area contributed by atoms with Crippen molar-refractivity contribution in [3.05, 3.63) is 71.6 Å². The number of hydrogen-bond acceptors (Lipinski definition) is 5. The summed E-state index contributed by atoms with van der Waals surface area (Å²) in [4.78, 5) is 23.9. The summed E-state index contributed by atoms with van der Waals surface area (Å²) in [5, 5.41) is 1.03. The van der Waals surface area contributed by atoms with Gasteiger partial charge in [-0.25, -0.2) is 9.97 Å². The summed E-state index contributed by atoms with van der Waals surface area (Å²) < 4.78 is 8.40. The molecule has 3 heterocycles. The van der Waals surface area contributed by atoms with Gasteiger partial charge in [-0.15, -0.1) is 0 Å². The van der Waals surface area contributed by atoms with Gasteiger partial charge in [0, 0.05) is 35.0 Å². The third-order valence-corrected chi connectivity index (χ3v) is 6.70. The van der Waals surface area contributed by atoms with Crippen molar-refractivity contribution in [2.75, 3.05) is 24.6 Å². The lowest BCUT2D eigenvalue weighted by Crippen LogP contribution is -2.37. The van der Waals surface area contributed by atoms with Crippen LogP contribution in [-0.2, 0) is 9.53 Å². The number of piperidine rings is 1. The second-order valence-electron chi connectivity index (χ2n) is 8.16. The Labute approximate surface area is 201 Å². The number of rotatable bonds is 5. The van der Waals surface area contributed by atoms with E-state index in [9.17, 15) is 4.79 Å². The monoisotopic (exact) mass is 504 g/mol. The summed E-state index contributed by atoms with van der Waals surface area (Å²) in [6.07, 6.45) is 5.31. The highest BCUT2D eigenvalue weighted by atomic mass is 79.9. The Kier molecular flexibility index (Phi) is 6.13. The number of carbonyl (C=O) groups is 1. The maximum atomic E-state index is 12.2. The summed E-state index contributed by atoms with van der Waals surface area (Å²) in [6.45, 7) is 3.79. The smallest absolute Gasteiger partial charge is 0.309 e. The van der Waals surface area contributed by atoms with Crippen LogP contribution in [0.3, 0.4) is 0 Å². The second kappa shape index (κ2) is 9.35. The first kappa shape index (κ1) is 21.6. The first-order valence-corrected chi connectivity index (χ1v) is 12.0. The topological polar surface area (TPSA) is 60.2 Å². The molecule has 1 aliphatic heterocycles. The van der Waals surface area contributed by atoms with Gasteiger partial charge in [0.15, 0.2) is 5.65 Å². The number of ether oxygens (including phenoxy) is 1. The molecule has 33 heavy (non-hydrogen) atoms. The summed E-state index contributed by atoms with van der Waals surface area (Å²) in [5.74, 6) is 0.785. The minimum atomic E-state index is -0.0867. The number of hydrogen-bond donors (Lipinski definition) is 0. The number of aromatic nitrogens is 3. The van der Waals surface area contributed by atoms with E-state index in [1.807, 2.05) is 37.3 Å². The zero-order valence-corrected chi connectivity index (χ0v) is 20.0. The molecule has 0 aliphatic carbocycles. The van der Waals surface area contributed by atoms with Crippen molar-refractivity contribution >= 4 is 38.8 Å². The van der Waals surface area contributed by atoms with Crippen molar-refractivity contribution in [2.24, 2.45) is 5.92 Å². The van der Waals surface area contributed by atoms with Gasteiger partial charge in [-0.3, -0.25) is 4.79 Å². The normalized spacial score (nSPS) is 14.5. The van der Waals surface area contributed by atoms with Gasteiger partial charge >= 0.3 is 5.97 Å². The molecule has 6 nitrogen and oxygen atoms in total. The minimum absolute atomic E-state index is 0.0421. The molecule has 0 unspecified atom stereocenters.